The standard InChI is InChI=1S/3C29H43NO6/c3*1-20(2)7-13-24-28(3,36-24)27-26(32-6)23(15-16-29(27)19-34-29)35-25(31)14-10-21-8-11-22(12-9-21)33-18-17-30(4)5/h8-12,14,20,23-24,26-27H,7,13,15-19H2,1-6H3;2*7-9,11-12,23-24,26-27H,10,13-19H2,1-6H3/b14-10+;;/t3*23-,24-,26-,27-,28+,29?/m111/s1. The number of rotatable bonds is 36. The van der Waals surface area contributed by atoms with E-state index >= 15 is 0 Å². The second-order valence-corrected chi connectivity index (χ2v) is 33.8. The second-order valence-electron chi connectivity index (χ2n) is 33.8. The molecular formula is C87H129N3O18. The predicted octanol–water partition coefficient (Wildman–Crippen LogP) is 12.7. The van der Waals surface area contributed by atoms with Gasteiger partial charge in [-0.15, -0.1) is 0 Å². The molecular weight excluding hydrogens is 1370 g/mol. The van der Waals surface area contributed by atoms with Crippen LogP contribution in [0.1, 0.15) is 156 Å². The normalized spacial score (nSPS) is 33.1. The zero-order chi connectivity index (χ0) is 77.8. The van der Waals surface area contributed by atoms with Gasteiger partial charge in [-0.05, 0) is 233 Å². The molecule has 3 aliphatic carbocycles. The maximum atomic E-state index is 12.8. The Morgan fingerprint density at radius 3 is 1.15 bits per heavy atom. The SMILES string of the molecule is CO[C@@H]1[C@H](OC(=O)/C=C/c2ccc(OCCN(C)C)cc2)CCC2(CO2)[C@H]1[C@@]1(C)O[C@@H]1CCC(C)C.CO[C@@H]1[C@H](OC(=O)CCc2ccc(OCCN(C)C)cc2)CCC2(CO2)[C@H]1[C@@]1(C)O[C@@H]1CC=C(C)C.CO[C@@H]1[C@H](OC(=O)CCc2ccc(OCCN(C)C)cc2)CCC2(CO2)[C@H]1[C@@]1(C)O[C@@H]1CC=C(C)C. The number of nitrogens with zero attached hydrogens (tertiary/aromatic N) is 3. The maximum absolute atomic E-state index is 12.8. The van der Waals surface area contributed by atoms with Crippen LogP contribution in [0.4, 0.5) is 0 Å². The molecule has 0 N–H and O–H groups in total. The summed E-state index contributed by atoms with van der Waals surface area (Å²) >= 11 is 0. The molecule has 3 spiro atoms. The molecule has 9 aliphatic rings. The van der Waals surface area contributed by atoms with Gasteiger partial charge in [-0.3, -0.25) is 9.59 Å². The van der Waals surface area contributed by atoms with Crippen LogP contribution in [-0.2, 0) is 84.1 Å². The minimum absolute atomic E-state index is 0.0390. The van der Waals surface area contributed by atoms with Crippen molar-refractivity contribution < 1.29 is 85.4 Å². The summed E-state index contributed by atoms with van der Waals surface area (Å²) in [5.41, 5.74) is 4.06. The van der Waals surface area contributed by atoms with Gasteiger partial charge in [0, 0.05) is 59.9 Å². The van der Waals surface area contributed by atoms with Crippen molar-refractivity contribution >= 4 is 24.0 Å². The van der Waals surface area contributed by atoms with Gasteiger partial charge < -0.3 is 85.8 Å². The number of benzene rings is 3. The molecule has 3 unspecified atom stereocenters. The average molecular weight is 1500 g/mol. The van der Waals surface area contributed by atoms with Crippen LogP contribution in [0.25, 0.3) is 6.08 Å². The van der Waals surface area contributed by atoms with Crippen molar-refractivity contribution in [2.45, 2.75) is 241 Å². The van der Waals surface area contributed by atoms with E-state index in [0.29, 0.717) is 51.4 Å². The molecule has 0 bridgehead atoms. The van der Waals surface area contributed by atoms with Gasteiger partial charge in [0.1, 0.15) is 107 Å². The van der Waals surface area contributed by atoms with Crippen LogP contribution < -0.4 is 14.2 Å². The maximum Gasteiger partial charge on any atom is 0.331 e. The van der Waals surface area contributed by atoms with Crippen LogP contribution in [0.5, 0.6) is 17.2 Å². The first kappa shape index (κ1) is 84.7. The molecule has 0 amide bonds. The summed E-state index contributed by atoms with van der Waals surface area (Å²) in [6, 6.07) is 23.6. The van der Waals surface area contributed by atoms with Crippen molar-refractivity contribution in [2.75, 3.05) is 123 Å². The lowest BCUT2D eigenvalue weighted by atomic mass is 9.68. The van der Waals surface area contributed by atoms with E-state index in [2.05, 4.69) is 89.2 Å². The Balaban J connectivity index is 0.000000173. The number of carbonyl (C=O) groups excluding carboxylic acids is 3. The third-order valence-electron chi connectivity index (χ3n) is 23.6. The largest absolute Gasteiger partial charge is 0.492 e. The zero-order valence-electron chi connectivity index (χ0n) is 68.2. The molecule has 3 saturated carbocycles. The number of aryl methyl sites for hydroxylation is 2. The van der Waals surface area contributed by atoms with Gasteiger partial charge >= 0.3 is 17.9 Å². The number of hydrogen-bond acceptors (Lipinski definition) is 21. The van der Waals surface area contributed by atoms with E-state index in [-0.39, 0.29) is 124 Å². The Bertz CT molecular complexity index is 3310. The number of hydrogen-bond donors (Lipinski definition) is 0. The van der Waals surface area contributed by atoms with Crippen LogP contribution in [0.3, 0.4) is 0 Å². The topological polar surface area (TPSA) is 219 Å². The number of allylic oxidation sites excluding steroid dienone is 2. The number of ether oxygens (including phenoxy) is 15. The van der Waals surface area contributed by atoms with Gasteiger partial charge in [0.05, 0.1) is 55.9 Å². The molecule has 6 heterocycles. The summed E-state index contributed by atoms with van der Waals surface area (Å²) in [4.78, 5) is 44.7. The Morgan fingerprint density at radius 1 is 0.491 bits per heavy atom. The first-order chi connectivity index (χ1) is 51.5. The molecule has 18 atom stereocenters. The number of likely N-dealkylation sites (N-methyl/N-ethyl adjacent to an activating group) is 3. The number of carbonyl (C=O) groups is 3. The Hall–Kier alpha value is -5.79. The summed E-state index contributed by atoms with van der Waals surface area (Å²) in [5, 5.41) is 0. The van der Waals surface area contributed by atoms with Crippen molar-refractivity contribution in [1.29, 1.82) is 0 Å². The van der Waals surface area contributed by atoms with Gasteiger partial charge in [-0.25, -0.2) is 4.79 Å². The molecule has 9 fully saturated rings. The van der Waals surface area contributed by atoms with Crippen molar-refractivity contribution in [3.05, 3.63) is 119 Å². The highest BCUT2D eigenvalue weighted by Gasteiger charge is 2.75. The molecule has 3 aromatic carbocycles. The quantitative estimate of drug-likeness (QED) is 0.0174. The van der Waals surface area contributed by atoms with Gasteiger partial charge in [-0.1, -0.05) is 73.5 Å². The van der Waals surface area contributed by atoms with Crippen LogP contribution >= 0.6 is 0 Å². The van der Waals surface area contributed by atoms with E-state index in [1.807, 2.05) is 115 Å². The van der Waals surface area contributed by atoms with Gasteiger partial charge in [-0.2, -0.15) is 0 Å². The van der Waals surface area contributed by atoms with Crippen LogP contribution in [-0.4, -0.2) is 244 Å². The molecule has 6 aliphatic heterocycles. The molecule has 600 valence electrons. The molecule has 6 saturated heterocycles. The van der Waals surface area contributed by atoms with Crippen LogP contribution in [0, 0.1) is 23.7 Å². The molecule has 0 radical (unpaired) electrons. The Labute approximate surface area is 644 Å². The highest BCUT2D eigenvalue weighted by Crippen LogP contribution is 2.63. The zero-order valence-corrected chi connectivity index (χ0v) is 68.2. The molecule has 12 rings (SSSR count). The van der Waals surface area contributed by atoms with E-state index in [0.717, 1.165) is 138 Å². The fraction of sp³-hybridized carbons (Fsp3) is 0.690. The molecule has 108 heavy (non-hydrogen) atoms. The summed E-state index contributed by atoms with van der Waals surface area (Å²) in [6.45, 7) is 26.1. The number of epoxide rings is 6. The van der Waals surface area contributed by atoms with E-state index < -0.39 is 0 Å². The fourth-order valence-electron chi connectivity index (χ4n) is 16.9. The van der Waals surface area contributed by atoms with E-state index in [4.69, 9.17) is 71.1 Å². The minimum Gasteiger partial charge on any atom is -0.492 e. The first-order valence-electron chi connectivity index (χ1n) is 39.7. The van der Waals surface area contributed by atoms with Crippen LogP contribution in [0.15, 0.2) is 102 Å². The molecule has 3 aromatic rings. The smallest absolute Gasteiger partial charge is 0.331 e. The third kappa shape index (κ3) is 22.3. The van der Waals surface area contributed by atoms with Gasteiger partial charge in [0.25, 0.3) is 0 Å². The van der Waals surface area contributed by atoms with Crippen molar-refractivity contribution in [3.8, 4) is 17.2 Å². The highest BCUT2D eigenvalue weighted by atomic mass is 16.7. The fourth-order valence-corrected chi connectivity index (χ4v) is 16.9. The highest BCUT2D eigenvalue weighted by molar-refractivity contribution is 5.87. The molecule has 0 aromatic heterocycles. The number of methoxy groups -OCH3 is 3. The summed E-state index contributed by atoms with van der Waals surface area (Å²) in [7, 11) is 17.2. The summed E-state index contributed by atoms with van der Waals surface area (Å²) in [5.74, 6) is 2.51. The molecule has 21 heteroatoms. The Kier molecular flexibility index (Phi) is 29.2. The van der Waals surface area contributed by atoms with Crippen molar-refractivity contribution in [1.82, 2.24) is 14.7 Å². The Morgan fingerprint density at radius 2 is 0.824 bits per heavy atom. The summed E-state index contributed by atoms with van der Waals surface area (Å²) < 4.78 is 89.9. The summed E-state index contributed by atoms with van der Waals surface area (Å²) in [6.07, 6.45) is 17.2. The van der Waals surface area contributed by atoms with Gasteiger partial charge in [0.15, 0.2) is 0 Å². The lowest BCUT2D eigenvalue weighted by Crippen LogP contribution is -2.55. The lowest BCUT2D eigenvalue weighted by Gasteiger charge is -2.42. The lowest BCUT2D eigenvalue weighted by molar-refractivity contribution is -0.172. The van der Waals surface area contributed by atoms with E-state index in [1.165, 1.54) is 17.2 Å². The third-order valence-corrected chi connectivity index (χ3v) is 23.6. The minimum atomic E-state index is -0.363. The molecule has 21 nitrogen and oxygen atoms in total. The van der Waals surface area contributed by atoms with Gasteiger partial charge in [0.2, 0.25) is 0 Å². The van der Waals surface area contributed by atoms with E-state index in [9.17, 15) is 14.4 Å². The first-order valence-corrected chi connectivity index (χ1v) is 39.7. The second kappa shape index (κ2) is 37.2. The predicted molar refractivity (Wildman–Crippen MR) is 415 cm³/mol. The van der Waals surface area contributed by atoms with Crippen LogP contribution in [0.2, 0.25) is 0 Å². The van der Waals surface area contributed by atoms with Crippen molar-refractivity contribution in [3.63, 3.8) is 0 Å². The number of esters is 3. The van der Waals surface area contributed by atoms with E-state index in [1.54, 1.807) is 27.4 Å². The monoisotopic (exact) mass is 1500 g/mol. The average Bonchev–Trinajstić information content (AvgIpc) is 1.55. The van der Waals surface area contributed by atoms with Crippen molar-refractivity contribution in [2.24, 2.45) is 23.7 Å².